The Kier molecular flexibility index (Phi) is 5.44. The highest BCUT2D eigenvalue weighted by molar-refractivity contribution is 7.71. The molecule has 150 valence electrons. The van der Waals surface area contributed by atoms with Crippen molar-refractivity contribution in [2.45, 2.75) is 18.6 Å². The Labute approximate surface area is 169 Å². The first-order valence-corrected chi connectivity index (χ1v) is 10.7. The van der Waals surface area contributed by atoms with Gasteiger partial charge in [0, 0.05) is 18.7 Å². The highest BCUT2D eigenvalue weighted by Crippen LogP contribution is 2.30. The van der Waals surface area contributed by atoms with Gasteiger partial charge in [-0.15, -0.1) is 0 Å². The lowest BCUT2D eigenvalue weighted by atomic mass is 10.0. The summed E-state index contributed by atoms with van der Waals surface area (Å²) in [4.78, 5) is 15.4. The minimum absolute atomic E-state index is 0.0149. The normalized spacial score (nSPS) is 13.9. The quantitative estimate of drug-likeness (QED) is 0.652. The minimum atomic E-state index is -2.49. The summed E-state index contributed by atoms with van der Waals surface area (Å²) in [6, 6.07) is 12.8. The minimum Gasteiger partial charge on any atom is -0.366 e. The topological polar surface area (TPSA) is 72.3 Å². The van der Waals surface area contributed by atoms with Gasteiger partial charge in [0.05, 0.1) is 17.6 Å². The smallest absolute Gasteiger partial charge is 0.295 e. The molecular formula is C21H20FN3O3S. The second kappa shape index (κ2) is 8.16. The van der Waals surface area contributed by atoms with Crippen LogP contribution < -0.4 is 10.5 Å². The summed E-state index contributed by atoms with van der Waals surface area (Å²) in [5, 5.41) is 4.32. The molecule has 0 atom stereocenters. The average Bonchev–Trinajstić information content (AvgIpc) is 3.23. The van der Waals surface area contributed by atoms with Crippen LogP contribution in [0.4, 0.5) is 10.1 Å². The largest absolute Gasteiger partial charge is 0.366 e. The summed E-state index contributed by atoms with van der Waals surface area (Å²) in [6.45, 7) is 1.56. The second-order valence-electron chi connectivity index (χ2n) is 6.98. The van der Waals surface area contributed by atoms with E-state index in [1.165, 1.54) is 28.9 Å². The van der Waals surface area contributed by atoms with Gasteiger partial charge in [0.25, 0.3) is 5.56 Å². The third-order valence-corrected chi connectivity index (χ3v) is 5.65. The lowest BCUT2D eigenvalue weighted by Crippen LogP contribution is -2.31. The van der Waals surface area contributed by atoms with Crippen LogP contribution in [-0.2, 0) is 16.5 Å². The molecule has 1 aliphatic heterocycles. The molecule has 0 saturated carbocycles. The van der Waals surface area contributed by atoms with Gasteiger partial charge < -0.3 is 4.90 Å². The van der Waals surface area contributed by atoms with Gasteiger partial charge >= 0.3 is 0 Å². The van der Waals surface area contributed by atoms with Gasteiger partial charge in [-0.05, 0) is 48.2 Å². The van der Waals surface area contributed by atoms with E-state index >= 15 is 0 Å². The van der Waals surface area contributed by atoms with Gasteiger partial charge in [-0.2, -0.15) is 9.78 Å². The fourth-order valence-electron chi connectivity index (χ4n) is 3.61. The van der Waals surface area contributed by atoms with Crippen LogP contribution in [0.3, 0.4) is 0 Å². The van der Waals surface area contributed by atoms with E-state index in [4.69, 9.17) is 0 Å². The Bertz CT molecular complexity index is 1140. The lowest BCUT2D eigenvalue weighted by molar-refractivity contribution is 0.614. The monoisotopic (exact) mass is 413 g/mol. The van der Waals surface area contributed by atoms with Crippen molar-refractivity contribution in [3.8, 4) is 16.8 Å². The molecule has 0 N–H and O–H groups in total. The van der Waals surface area contributed by atoms with Crippen LogP contribution in [0.15, 0.2) is 59.5 Å². The second-order valence-corrected chi connectivity index (χ2v) is 7.96. The summed E-state index contributed by atoms with van der Waals surface area (Å²) in [7, 11) is -2.49. The zero-order valence-electron chi connectivity index (χ0n) is 15.6. The Morgan fingerprint density at radius 2 is 1.62 bits per heavy atom. The van der Waals surface area contributed by atoms with E-state index in [2.05, 4.69) is 10.00 Å². The van der Waals surface area contributed by atoms with Crippen LogP contribution in [0.5, 0.6) is 0 Å². The number of benzene rings is 2. The number of hydrogen-bond donors (Lipinski definition) is 1. The van der Waals surface area contributed by atoms with E-state index in [-0.39, 0.29) is 17.1 Å². The first kappa shape index (κ1) is 19.3. The Hall–Kier alpha value is -3.00. The number of nitrogens with zero attached hydrogens (tertiary/aromatic N) is 3. The van der Waals surface area contributed by atoms with E-state index < -0.39 is 10.7 Å². The number of thiol groups is 1. The molecule has 0 unspecified atom stereocenters. The molecule has 0 aliphatic carbocycles. The molecule has 0 spiro atoms. The van der Waals surface area contributed by atoms with Gasteiger partial charge in [0.1, 0.15) is 22.2 Å². The van der Waals surface area contributed by atoms with Gasteiger partial charge in [-0.3, -0.25) is 4.79 Å². The molecule has 8 heteroatoms. The van der Waals surface area contributed by atoms with E-state index in [0.717, 1.165) is 31.5 Å². The molecule has 0 radical (unpaired) electrons. The maximum Gasteiger partial charge on any atom is 0.295 e. The van der Waals surface area contributed by atoms with Gasteiger partial charge in [-0.1, -0.05) is 24.3 Å². The molecule has 4 rings (SSSR count). The van der Waals surface area contributed by atoms with E-state index in [0.29, 0.717) is 22.5 Å². The highest BCUT2D eigenvalue weighted by Gasteiger charge is 2.22. The van der Waals surface area contributed by atoms with E-state index in [1.54, 1.807) is 18.3 Å². The molecule has 1 fully saturated rings. The Morgan fingerprint density at radius 1 is 0.966 bits per heavy atom. The molecule has 0 amide bonds. The Balaban J connectivity index is 1.82. The molecule has 3 aromatic rings. The molecule has 2 aromatic carbocycles. The number of hydrogen-bond acceptors (Lipinski definition) is 5. The molecule has 6 nitrogen and oxygen atoms in total. The van der Waals surface area contributed by atoms with Crippen molar-refractivity contribution < 1.29 is 12.8 Å². The number of rotatable bonds is 5. The van der Waals surface area contributed by atoms with Crippen LogP contribution in [0.1, 0.15) is 18.4 Å². The molecule has 0 bridgehead atoms. The summed E-state index contributed by atoms with van der Waals surface area (Å²) in [6.07, 6.45) is 3.65. The maximum atomic E-state index is 13.3. The summed E-state index contributed by atoms with van der Waals surface area (Å²) in [5.41, 5.74) is 2.99. The third kappa shape index (κ3) is 4.07. The van der Waals surface area contributed by atoms with Crippen molar-refractivity contribution in [1.82, 2.24) is 9.78 Å². The summed E-state index contributed by atoms with van der Waals surface area (Å²) >= 11 is 0. The summed E-state index contributed by atoms with van der Waals surface area (Å²) in [5.74, 6) is -0.392. The zero-order chi connectivity index (χ0) is 20.4. The molecule has 1 aromatic heterocycles. The predicted molar refractivity (Wildman–Crippen MR) is 111 cm³/mol. The van der Waals surface area contributed by atoms with Crippen LogP contribution in [0.25, 0.3) is 16.8 Å². The predicted octanol–water partition coefficient (Wildman–Crippen LogP) is 2.75. The van der Waals surface area contributed by atoms with Crippen molar-refractivity contribution >= 4 is 16.4 Å². The zero-order valence-corrected chi connectivity index (χ0v) is 16.5. The van der Waals surface area contributed by atoms with Crippen LogP contribution in [-0.4, -0.2) is 31.3 Å². The van der Waals surface area contributed by atoms with Gasteiger partial charge in [-0.25, -0.2) is 12.8 Å². The molecular weight excluding hydrogens is 393 g/mol. The van der Waals surface area contributed by atoms with Crippen molar-refractivity contribution in [3.63, 3.8) is 0 Å². The standard InChI is InChI=1S/C21H20FN3O3S/c22-17-7-9-18(10-8-17)25-21(26)20(24-11-1-2-12-24)19(13-23-25)16-5-3-15(4-6-16)14-29(27)28/h3-10,13,29H,1-2,11-12,14H2. The third-order valence-electron chi connectivity index (χ3n) is 5.02. The number of halogens is 1. The van der Waals surface area contributed by atoms with Crippen molar-refractivity contribution in [1.29, 1.82) is 0 Å². The van der Waals surface area contributed by atoms with E-state index in [1.807, 2.05) is 12.1 Å². The lowest BCUT2D eigenvalue weighted by Gasteiger charge is -2.21. The maximum absolute atomic E-state index is 13.3. The molecule has 2 heterocycles. The molecule has 1 saturated heterocycles. The van der Waals surface area contributed by atoms with Crippen molar-refractivity contribution in [3.05, 3.63) is 76.5 Å². The summed E-state index contributed by atoms with van der Waals surface area (Å²) < 4.78 is 36.4. The molecule has 1 aliphatic rings. The SMILES string of the molecule is O=c1c(N2CCCC2)c(-c2ccc(C[SH](=O)=O)cc2)cnn1-c1ccc(F)cc1. The first-order chi connectivity index (χ1) is 14.0. The van der Waals surface area contributed by atoms with Gasteiger partial charge in [0.2, 0.25) is 0 Å². The van der Waals surface area contributed by atoms with Crippen LogP contribution in [0, 0.1) is 5.82 Å². The van der Waals surface area contributed by atoms with Gasteiger partial charge in [0.15, 0.2) is 0 Å². The van der Waals surface area contributed by atoms with Crippen LogP contribution >= 0.6 is 0 Å². The fourth-order valence-corrected chi connectivity index (χ4v) is 4.12. The number of anilines is 1. The highest BCUT2D eigenvalue weighted by atomic mass is 32.2. The van der Waals surface area contributed by atoms with Crippen LogP contribution in [0.2, 0.25) is 0 Å². The first-order valence-electron chi connectivity index (χ1n) is 9.37. The number of aromatic nitrogens is 2. The van der Waals surface area contributed by atoms with Crippen molar-refractivity contribution in [2.75, 3.05) is 18.0 Å². The fraction of sp³-hybridized carbons (Fsp3) is 0.238. The average molecular weight is 413 g/mol. The van der Waals surface area contributed by atoms with Crippen molar-refractivity contribution in [2.24, 2.45) is 0 Å². The van der Waals surface area contributed by atoms with E-state index in [9.17, 15) is 17.6 Å². The Morgan fingerprint density at radius 3 is 2.24 bits per heavy atom. The molecule has 29 heavy (non-hydrogen) atoms.